The second-order valence-corrected chi connectivity index (χ2v) is 7.07. The molecule has 0 spiro atoms. The van der Waals surface area contributed by atoms with Crippen LogP contribution in [0.25, 0.3) is 0 Å². The summed E-state index contributed by atoms with van der Waals surface area (Å²) in [6, 6.07) is 2.77. The van der Waals surface area contributed by atoms with Crippen LogP contribution in [0.5, 0.6) is 0 Å². The Kier molecular flexibility index (Phi) is 13.2. The topological polar surface area (TPSA) is 79.1 Å². The number of nitrogens with zero attached hydrogens (tertiary/aromatic N) is 2. The molecule has 0 aromatic carbocycles. The van der Waals surface area contributed by atoms with E-state index in [1.807, 2.05) is 6.92 Å². The predicted molar refractivity (Wildman–Crippen MR) is 125 cm³/mol. The number of aliphatic imine (C=N–C) groups is 1. The molecule has 0 amide bonds. The molecular weight excluding hydrogens is 471 g/mol. The Morgan fingerprint density at radius 3 is 2.43 bits per heavy atom. The highest BCUT2D eigenvalue weighted by Crippen LogP contribution is 2.16. The van der Waals surface area contributed by atoms with Crippen LogP contribution in [0.4, 0.5) is 0 Å². The van der Waals surface area contributed by atoms with Gasteiger partial charge in [-0.05, 0) is 54.0 Å². The molecule has 8 heteroatoms. The summed E-state index contributed by atoms with van der Waals surface area (Å²) in [7, 11) is 1.36. The molecule has 1 rings (SSSR count). The van der Waals surface area contributed by atoms with Gasteiger partial charge in [-0.2, -0.15) is 0 Å². The number of carbonyl (C=O) groups is 1. The summed E-state index contributed by atoms with van der Waals surface area (Å²) in [6.07, 6.45) is 1.03. The van der Waals surface area contributed by atoms with Crippen molar-refractivity contribution in [1.29, 1.82) is 0 Å². The van der Waals surface area contributed by atoms with Crippen molar-refractivity contribution in [2.75, 3.05) is 26.7 Å². The Balaban J connectivity index is 0.00000729. The molecule has 0 bridgehead atoms. The van der Waals surface area contributed by atoms with Crippen molar-refractivity contribution in [3.8, 4) is 0 Å². The molecular formula is C20H37IN4O3. The maximum Gasteiger partial charge on any atom is 0.341 e. The average Bonchev–Trinajstić information content (AvgIpc) is 2.98. The lowest BCUT2D eigenvalue weighted by Crippen LogP contribution is -2.41. The Morgan fingerprint density at radius 1 is 1.25 bits per heavy atom. The van der Waals surface area contributed by atoms with Crippen LogP contribution in [-0.2, 0) is 11.3 Å². The van der Waals surface area contributed by atoms with E-state index in [9.17, 15) is 4.79 Å². The molecule has 28 heavy (non-hydrogen) atoms. The fourth-order valence-electron chi connectivity index (χ4n) is 3.01. The van der Waals surface area contributed by atoms with Crippen LogP contribution in [-0.4, -0.2) is 55.7 Å². The Hall–Kier alpha value is -1.29. The SMILES string of the molecule is CCNC(=NCc1cc(C(=O)OC)c(C)o1)NCCCN(C(C)C)C(C)C.I. The minimum atomic E-state index is -0.392. The van der Waals surface area contributed by atoms with Crippen LogP contribution in [0.15, 0.2) is 15.5 Å². The van der Waals surface area contributed by atoms with E-state index in [1.54, 1.807) is 13.0 Å². The lowest BCUT2D eigenvalue weighted by atomic mass is 10.2. The number of esters is 1. The maximum atomic E-state index is 11.7. The van der Waals surface area contributed by atoms with Gasteiger partial charge in [-0.3, -0.25) is 4.90 Å². The summed E-state index contributed by atoms with van der Waals surface area (Å²) >= 11 is 0. The molecule has 1 aromatic rings. The van der Waals surface area contributed by atoms with Crippen molar-refractivity contribution in [2.45, 2.75) is 66.6 Å². The average molecular weight is 508 g/mol. The molecule has 0 atom stereocenters. The number of carbonyl (C=O) groups excluding carboxylic acids is 1. The van der Waals surface area contributed by atoms with Gasteiger partial charge in [0.25, 0.3) is 0 Å². The molecule has 0 saturated carbocycles. The molecule has 0 unspecified atom stereocenters. The van der Waals surface area contributed by atoms with Crippen LogP contribution >= 0.6 is 24.0 Å². The van der Waals surface area contributed by atoms with Gasteiger partial charge in [-0.1, -0.05) is 0 Å². The Morgan fingerprint density at radius 2 is 1.89 bits per heavy atom. The zero-order chi connectivity index (χ0) is 20.4. The van der Waals surface area contributed by atoms with Crippen LogP contribution in [0.1, 0.15) is 62.9 Å². The molecule has 1 aromatic heterocycles. The van der Waals surface area contributed by atoms with Crippen molar-refractivity contribution in [3.05, 3.63) is 23.2 Å². The molecule has 0 aliphatic rings. The number of ether oxygens (including phenoxy) is 1. The predicted octanol–water partition coefficient (Wildman–Crippen LogP) is 3.56. The van der Waals surface area contributed by atoms with E-state index >= 15 is 0 Å². The molecule has 0 saturated heterocycles. The summed E-state index contributed by atoms with van der Waals surface area (Å²) in [5.74, 6) is 1.53. The fourth-order valence-corrected chi connectivity index (χ4v) is 3.01. The summed E-state index contributed by atoms with van der Waals surface area (Å²) < 4.78 is 10.4. The highest BCUT2D eigenvalue weighted by Gasteiger charge is 2.15. The first-order valence-electron chi connectivity index (χ1n) is 9.75. The fraction of sp³-hybridized carbons (Fsp3) is 0.700. The molecule has 0 radical (unpaired) electrons. The minimum absolute atomic E-state index is 0. The second-order valence-electron chi connectivity index (χ2n) is 7.07. The molecule has 162 valence electrons. The van der Waals surface area contributed by atoms with Gasteiger partial charge in [0.1, 0.15) is 23.6 Å². The van der Waals surface area contributed by atoms with Gasteiger partial charge >= 0.3 is 5.97 Å². The lowest BCUT2D eigenvalue weighted by molar-refractivity contribution is 0.0599. The minimum Gasteiger partial charge on any atom is -0.465 e. The summed E-state index contributed by atoms with van der Waals surface area (Å²) in [5, 5.41) is 6.59. The van der Waals surface area contributed by atoms with E-state index in [0.29, 0.717) is 35.7 Å². The summed E-state index contributed by atoms with van der Waals surface area (Å²) in [4.78, 5) is 18.7. The first-order chi connectivity index (χ1) is 12.8. The molecule has 0 aliphatic heterocycles. The van der Waals surface area contributed by atoms with E-state index in [1.165, 1.54) is 7.11 Å². The van der Waals surface area contributed by atoms with Crippen molar-refractivity contribution >= 4 is 35.9 Å². The van der Waals surface area contributed by atoms with Crippen LogP contribution < -0.4 is 10.6 Å². The quantitative estimate of drug-likeness (QED) is 0.166. The van der Waals surface area contributed by atoms with Crippen molar-refractivity contribution in [2.24, 2.45) is 4.99 Å². The van der Waals surface area contributed by atoms with Crippen LogP contribution in [0.3, 0.4) is 0 Å². The van der Waals surface area contributed by atoms with Gasteiger partial charge in [0.05, 0.1) is 7.11 Å². The number of furan rings is 1. The Bertz CT molecular complexity index is 607. The van der Waals surface area contributed by atoms with E-state index in [0.717, 1.165) is 32.0 Å². The van der Waals surface area contributed by atoms with Gasteiger partial charge in [-0.15, -0.1) is 24.0 Å². The van der Waals surface area contributed by atoms with Crippen molar-refractivity contribution in [3.63, 3.8) is 0 Å². The monoisotopic (exact) mass is 508 g/mol. The molecule has 0 fully saturated rings. The summed E-state index contributed by atoms with van der Waals surface area (Å²) in [6.45, 7) is 15.7. The van der Waals surface area contributed by atoms with Crippen molar-refractivity contribution in [1.82, 2.24) is 15.5 Å². The highest BCUT2D eigenvalue weighted by atomic mass is 127. The van der Waals surface area contributed by atoms with Gasteiger partial charge in [0.2, 0.25) is 0 Å². The first-order valence-corrected chi connectivity index (χ1v) is 9.75. The van der Waals surface area contributed by atoms with E-state index in [-0.39, 0.29) is 24.0 Å². The smallest absolute Gasteiger partial charge is 0.341 e. The molecule has 7 nitrogen and oxygen atoms in total. The van der Waals surface area contributed by atoms with Gasteiger partial charge in [0.15, 0.2) is 5.96 Å². The van der Waals surface area contributed by atoms with Gasteiger partial charge in [-0.25, -0.2) is 9.79 Å². The number of rotatable bonds is 10. The number of aryl methyl sites for hydroxylation is 1. The Labute approximate surface area is 186 Å². The van der Waals surface area contributed by atoms with Crippen LogP contribution in [0, 0.1) is 6.92 Å². The van der Waals surface area contributed by atoms with Gasteiger partial charge < -0.3 is 19.8 Å². The largest absolute Gasteiger partial charge is 0.465 e. The molecule has 0 aliphatic carbocycles. The third-order valence-corrected chi connectivity index (χ3v) is 4.32. The van der Waals surface area contributed by atoms with Crippen molar-refractivity contribution < 1.29 is 13.9 Å². The number of nitrogens with one attached hydrogen (secondary N) is 2. The lowest BCUT2D eigenvalue weighted by Gasteiger charge is -2.30. The second kappa shape index (κ2) is 13.8. The number of halogens is 1. The number of guanidine groups is 1. The van der Waals surface area contributed by atoms with E-state index < -0.39 is 5.97 Å². The zero-order valence-electron chi connectivity index (χ0n) is 18.3. The van der Waals surface area contributed by atoms with E-state index in [4.69, 9.17) is 9.15 Å². The third-order valence-electron chi connectivity index (χ3n) is 4.32. The number of hydrogen-bond acceptors (Lipinski definition) is 5. The first kappa shape index (κ1) is 26.7. The third kappa shape index (κ3) is 8.81. The standard InChI is InChI=1S/C20H36N4O3.HI/c1-8-21-20(22-10-9-11-24(14(2)3)15(4)5)23-13-17-12-18(16(6)27-17)19(25)26-7;/h12,14-15H,8-11,13H2,1-7H3,(H2,21,22,23);1H. The number of hydrogen-bond donors (Lipinski definition) is 2. The molecule has 1 heterocycles. The maximum absolute atomic E-state index is 11.7. The normalized spacial score (nSPS) is 11.7. The highest BCUT2D eigenvalue weighted by molar-refractivity contribution is 14.0. The summed E-state index contributed by atoms with van der Waals surface area (Å²) in [5.41, 5.74) is 0.447. The number of methoxy groups -OCH3 is 1. The van der Waals surface area contributed by atoms with E-state index in [2.05, 4.69) is 48.2 Å². The van der Waals surface area contributed by atoms with Crippen LogP contribution in [0.2, 0.25) is 0 Å². The molecule has 2 N–H and O–H groups in total. The zero-order valence-corrected chi connectivity index (χ0v) is 20.6. The van der Waals surface area contributed by atoms with Gasteiger partial charge in [0, 0.05) is 31.7 Å².